The van der Waals surface area contributed by atoms with Gasteiger partial charge in [-0.05, 0) is 44.5 Å². The maximum Gasteiger partial charge on any atom is 0.220 e. The Bertz CT molecular complexity index is 479. The van der Waals surface area contributed by atoms with Crippen LogP contribution >= 0.6 is 24.8 Å². The fourth-order valence-electron chi connectivity index (χ4n) is 2.47. The molecule has 0 aliphatic rings. The molecule has 0 fully saturated rings. The quantitative estimate of drug-likeness (QED) is 0.731. The number of carbonyl (C=O) groups excluding carboxylic acids is 1. The molecule has 0 spiro atoms. The van der Waals surface area contributed by atoms with Crippen molar-refractivity contribution in [3.63, 3.8) is 0 Å². The molecule has 1 aromatic rings. The number of amides is 1. The number of hydrogen-bond donors (Lipinski definition) is 2. The first-order valence-electron chi connectivity index (χ1n) is 7.50. The number of rotatable bonds is 7. The number of anilines is 1. The van der Waals surface area contributed by atoms with Crippen LogP contribution in [-0.4, -0.2) is 37.5 Å². The van der Waals surface area contributed by atoms with Gasteiger partial charge in [0.15, 0.2) is 0 Å². The van der Waals surface area contributed by atoms with Crippen LogP contribution in [0.4, 0.5) is 5.69 Å². The summed E-state index contributed by atoms with van der Waals surface area (Å²) < 4.78 is 0. The van der Waals surface area contributed by atoms with E-state index in [2.05, 4.69) is 45.1 Å². The van der Waals surface area contributed by atoms with Gasteiger partial charge in [0.2, 0.25) is 5.91 Å². The molecule has 0 radical (unpaired) electrons. The maximum absolute atomic E-state index is 12.1. The summed E-state index contributed by atoms with van der Waals surface area (Å²) in [4.78, 5) is 14.3. The Morgan fingerprint density at radius 1 is 1.26 bits per heavy atom. The lowest BCUT2D eigenvalue weighted by Crippen LogP contribution is -2.47. The molecule has 1 aromatic carbocycles. The van der Waals surface area contributed by atoms with Gasteiger partial charge in [0.05, 0.1) is 0 Å². The third kappa shape index (κ3) is 8.45. The predicted octanol–water partition coefficient (Wildman–Crippen LogP) is 3.14. The number of benzene rings is 1. The number of nitrogens with zero attached hydrogens (tertiary/aromatic N) is 1. The van der Waals surface area contributed by atoms with Crippen LogP contribution in [0.5, 0.6) is 0 Å². The minimum absolute atomic E-state index is 0. The van der Waals surface area contributed by atoms with Crippen LogP contribution in [0, 0.1) is 5.41 Å². The number of nitrogen functional groups attached to an aromatic ring is 1. The molecule has 23 heavy (non-hydrogen) atoms. The molecule has 0 aromatic heterocycles. The molecule has 0 aliphatic carbocycles. The SMILES string of the molecule is CC(NC(=O)CCc1ccccc1N)C(C)(C)CN(C)C.Cl.Cl. The predicted molar refractivity (Wildman–Crippen MR) is 104 cm³/mol. The van der Waals surface area contributed by atoms with Crippen LogP contribution in [0.1, 0.15) is 32.8 Å². The van der Waals surface area contributed by atoms with E-state index in [0.717, 1.165) is 17.8 Å². The van der Waals surface area contributed by atoms with Crippen molar-refractivity contribution in [2.75, 3.05) is 26.4 Å². The third-order valence-electron chi connectivity index (χ3n) is 3.95. The second-order valence-electron chi connectivity index (χ2n) is 6.71. The van der Waals surface area contributed by atoms with Crippen LogP contribution in [-0.2, 0) is 11.2 Å². The van der Waals surface area contributed by atoms with Crippen LogP contribution in [0.2, 0.25) is 0 Å². The molecule has 1 amide bonds. The lowest BCUT2D eigenvalue weighted by Gasteiger charge is -2.34. The van der Waals surface area contributed by atoms with Crippen LogP contribution in [0.25, 0.3) is 0 Å². The van der Waals surface area contributed by atoms with Crippen molar-refractivity contribution in [1.82, 2.24) is 10.2 Å². The molecule has 0 aliphatic heterocycles. The van der Waals surface area contributed by atoms with E-state index in [-0.39, 0.29) is 42.2 Å². The van der Waals surface area contributed by atoms with E-state index in [1.807, 2.05) is 24.3 Å². The highest BCUT2D eigenvalue weighted by Gasteiger charge is 2.27. The number of para-hydroxylation sites is 1. The zero-order valence-electron chi connectivity index (χ0n) is 14.8. The summed E-state index contributed by atoms with van der Waals surface area (Å²) in [7, 11) is 4.10. The lowest BCUT2D eigenvalue weighted by atomic mass is 9.85. The van der Waals surface area contributed by atoms with Gasteiger partial charge in [-0.2, -0.15) is 0 Å². The smallest absolute Gasteiger partial charge is 0.220 e. The summed E-state index contributed by atoms with van der Waals surface area (Å²) in [6.07, 6.45) is 1.15. The van der Waals surface area contributed by atoms with Gasteiger partial charge in [0.25, 0.3) is 0 Å². The van der Waals surface area contributed by atoms with E-state index in [0.29, 0.717) is 12.8 Å². The van der Waals surface area contributed by atoms with Crippen LogP contribution in [0.3, 0.4) is 0 Å². The Balaban J connectivity index is 0. The summed E-state index contributed by atoms with van der Waals surface area (Å²) >= 11 is 0. The van der Waals surface area contributed by atoms with E-state index in [1.54, 1.807) is 0 Å². The standard InChI is InChI=1S/C17H29N3O.2ClH/c1-13(17(2,3)12-20(4)5)19-16(21)11-10-14-8-6-7-9-15(14)18;;/h6-9,13H,10-12,18H2,1-5H3,(H,19,21);2*1H. The minimum atomic E-state index is 0. The van der Waals surface area contributed by atoms with Gasteiger partial charge in [-0.25, -0.2) is 0 Å². The Hall–Kier alpha value is -0.970. The van der Waals surface area contributed by atoms with Gasteiger partial charge in [-0.3, -0.25) is 4.79 Å². The zero-order chi connectivity index (χ0) is 16.0. The average Bonchev–Trinajstić information content (AvgIpc) is 2.36. The van der Waals surface area contributed by atoms with E-state index >= 15 is 0 Å². The third-order valence-corrected chi connectivity index (χ3v) is 3.95. The zero-order valence-corrected chi connectivity index (χ0v) is 16.4. The van der Waals surface area contributed by atoms with Crippen molar-refractivity contribution in [2.45, 2.75) is 39.7 Å². The number of nitrogens with one attached hydrogen (secondary N) is 1. The Labute approximate surface area is 153 Å². The van der Waals surface area contributed by atoms with E-state index in [1.165, 1.54) is 0 Å². The Morgan fingerprint density at radius 3 is 2.35 bits per heavy atom. The molecule has 0 heterocycles. The van der Waals surface area contributed by atoms with Crippen molar-refractivity contribution in [2.24, 2.45) is 5.41 Å². The van der Waals surface area contributed by atoms with Crippen molar-refractivity contribution in [3.8, 4) is 0 Å². The minimum Gasteiger partial charge on any atom is -0.399 e. The van der Waals surface area contributed by atoms with Crippen molar-refractivity contribution >= 4 is 36.4 Å². The highest BCUT2D eigenvalue weighted by Crippen LogP contribution is 2.21. The second kappa shape index (κ2) is 10.7. The lowest BCUT2D eigenvalue weighted by molar-refractivity contribution is -0.122. The summed E-state index contributed by atoms with van der Waals surface area (Å²) in [6, 6.07) is 7.83. The molecule has 1 unspecified atom stereocenters. The first-order chi connectivity index (χ1) is 9.72. The van der Waals surface area contributed by atoms with Gasteiger partial charge in [-0.1, -0.05) is 32.0 Å². The molecule has 1 atom stereocenters. The molecular weight excluding hydrogens is 333 g/mol. The van der Waals surface area contributed by atoms with Gasteiger partial charge in [0.1, 0.15) is 0 Å². The number of nitrogens with two attached hydrogens (primary N) is 1. The van der Waals surface area contributed by atoms with Gasteiger partial charge in [0, 0.05) is 24.7 Å². The fourth-order valence-corrected chi connectivity index (χ4v) is 2.47. The topological polar surface area (TPSA) is 58.4 Å². The molecule has 4 nitrogen and oxygen atoms in total. The maximum atomic E-state index is 12.1. The molecule has 1 rings (SSSR count). The molecule has 0 saturated carbocycles. The fraction of sp³-hybridized carbons (Fsp3) is 0.588. The normalized spacial score (nSPS) is 12.1. The summed E-state index contributed by atoms with van der Waals surface area (Å²) in [6.45, 7) is 7.35. The van der Waals surface area contributed by atoms with E-state index < -0.39 is 0 Å². The molecule has 0 saturated heterocycles. The van der Waals surface area contributed by atoms with Crippen molar-refractivity contribution < 1.29 is 4.79 Å². The average molecular weight is 364 g/mol. The molecule has 134 valence electrons. The number of aryl methyl sites for hydroxylation is 1. The Morgan fingerprint density at radius 2 is 1.83 bits per heavy atom. The molecule has 6 heteroatoms. The number of carbonyl (C=O) groups is 1. The highest BCUT2D eigenvalue weighted by atomic mass is 35.5. The first-order valence-corrected chi connectivity index (χ1v) is 7.50. The van der Waals surface area contributed by atoms with Crippen molar-refractivity contribution in [3.05, 3.63) is 29.8 Å². The van der Waals surface area contributed by atoms with Gasteiger partial charge in [-0.15, -0.1) is 24.8 Å². The molecular formula is C17H31Cl2N3O. The summed E-state index contributed by atoms with van der Waals surface area (Å²) in [5.41, 5.74) is 7.72. The largest absolute Gasteiger partial charge is 0.399 e. The summed E-state index contributed by atoms with van der Waals surface area (Å²) in [5.74, 6) is 0.0811. The number of halogens is 2. The van der Waals surface area contributed by atoms with Gasteiger partial charge >= 0.3 is 0 Å². The second-order valence-corrected chi connectivity index (χ2v) is 6.71. The molecule has 0 bridgehead atoms. The van der Waals surface area contributed by atoms with Gasteiger partial charge < -0.3 is 16.0 Å². The molecule has 3 N–H and O–H groups in total. The monoisotopic (exact) mass is 363 g/mol. The van der Waals surface area contributed by atoms with E-state index in [4.69, 9.17) is 5.73 Å². The number of hydrogen-bond acceptors (Lipinski definition) is 3. The van der Waals surface area contributed by atoms with Crippen LogP contribution in [0.15, 0.2) is 24.3 Å². The first kappa shape index (κ1) is 24.3. The highest BCUT2D eigenvalue weighted by molar-refractivity contribution is 5.85. The Kier molecular flexibility index (Phi) is 11.3. The van der Waals surface area contributed by atoms with E-state index in [9.17, 15) is 4.79 Å². The summed E-state index contributed by atoms with van der Waals surface area (Å²) in [5, 5.41) is 3.11. The van der Waals surface area contributed by atoms with Crippen LogP contribution < -0.4 is 11.1 Å². The van der Waals surface area contributed by atoms with Crippen molar-refractivity contribution in [1.29, 1.82) is 0 Å².